The molecule has 1 nitrogen and oxygen atoms in total. The topological polar surface area (TPSA) is 4.93 Å². The Kier molecular flexibility index (Phi) is 21.4. The smallest absolute Gasteiger partial charge is 0.00823 e. The monoisotopic (exact) mass is 429 g/mol. The maximum atomic E-state index is 2.30. The van der Waals surface area contributed by atoms with Gasteiger partial charge in [0.25, 0.3) is 0 Å². The Balaban J connectivity index is 1.65. The predicted octanol–water partition coefficient (Wildman–Crippen LogP) is 11.0. The average molecular weight is 430 g/mol. The van der Waals surface area contributed by atoms with Crippen LogP contribution in [0, 0.1) is 0 Å². The third-order valence-electron chi connectivity index (χ3n) is 6.63. The van der Waals surface area contributed by atoms with Gasteiger partial charge < -0.3 is 4.57 Å². The molecule has 180 valence electrons. The minimum atomic E-state index is 1.22. The Morgan fingerprint density at radius 2 is 0.774 bits per heavy atom. The van der Waals surface area contributed by atoms with Crippen molar-refractivity contribution < 1.29 is 0 Å². The molecule has 0 bridgehead atoms. The molecule has 0 N–H and O–H groups in total. The van der Waals surface area contributed by atoms with Gasteiger partial charge in [-0.3, -0.25) is 0 Å². The zero-order chi connectivity index (χ0) is 22.1. The summed E-state index contributed by atoms with van der Waals surface area (Å²) in [7, 11) is 0. The van der Waals surface area contributed by atoms with E-state index in [-0.39, 0.29) is 0 Å². The molecule has 0 unspecified atom stereocenters. The van der Waals surface area contributed by atoms with E-state index in [4.69, 9.17) is 0 Å². The standard InChI is InChI=1S/C30H55N/c1-2-3-4-5-6-7-8-9-10-11-12-13-14-15-16-17-18-19-20-21-22-23-24-25-28-31-29-26-27-30-31/h25-30H,2-24H2,1H3. The van der Waals surface area contributed by atoms with E-state index in [2.05, 4.69) is 48.3 Å². The van der Waals surface area contributed by atoms with E-state index in [9.17, 15) is 0 Å². The van der Waals surface area contributed by atoms with E-state index in [0.717, 1.165) is 0 Å². The molecule has 1 heterocycles. The van der Waals surface area contributed by atoms with E-state index in [1.54, 1.807) is 0 Å². The predicted molar refractivity (Wildman–Crippen MR) is 142 cm³/mol. The van der Waals surface area contributed by atoms with Gasteiger partial charge in [-0.15, -0.1) is 0 Å². The first-order chi connectivity index (χ1) is 15.4. The third kappa shape index (κ3) is 20.7. The van der Waals surface area contributed by atoms with Crippen molar-refractivity contribution in [3.05, 3.63) is 30.6 Å². The van der Waals surface area contributed by atoms with Crippen LogP contribution in [0.4, 0.5) is 0 Å². The lowest BCUT2D eigenvalue weighted by Gasteiger charge is -2.04. The number of hydrogen-bond donors (Lipinski definition) is 0. The summed E-state index contributed by atoms with van der Waals surface area (Å²) in [6.45, 7) is 2.30. The van der Waals surface area contributed by atoms with Crippen molar-refractivity contribution in [1.82, 2.24) is 4.57 Å². The number of rotatable bonds is 24. The van der Waals surface area contributed by atoms with Gasteiger partial charge in [-0.1, -0.05) is 148 Å². The molecule has 0 saturated carbocycles. The quantitative estimate of drug-likeness (QED) is 0.144. The van der Waals surface area contributed by atoms with Crippen molar-refractivity contribution in [1.29, 1.82) is 0 Å². The zero-order valence-corrected chi connectivity index (χ0v) is 21.2. The molecule has 0 radical (unpaired) electrons. The second-order valence-electron chi connectivity index (χ2n) is 9.73. The minimum Gasteiger partial charge on any atom is -0.331 e. The van der Waals surface area contributed by atoms with E-state index >= 15 is 0 Å². The molecule has 0 saturated heterocycles. The van der Waals surface area contributed by atoms with E-state index < -0.39 is 0 Å². The molecule has 0 aliphatic carbocycles. The molecule has 0 amide bonds. The van der Waals surface area contributed by atoms with Crippen LogP contribution < -0.4 is 0 Å². The molecule has 1 rings (SSSR count). The Labute approximate surface area is 196 Å². The second kappa shape index (κ2) is 23.7. The maximum Gasteiger partial charge on any atom is 0.00823 e. The highest BCUT2D eigenvalue weighted by molar-refractivity contribution is 5.22. The minimum absolute atomic E-state index is 1.22. The van der Waals surface area contributed by atoms with Crippen LogP contribution in [-0.2, 0) is 0 Å². The Morgan fingerprint density at radius 1 is 0.452 bits per heavy atom. The van der Waals surface area contributed by atoms with Crippen molar-refractivity contribution in [2.75, 3.05) is 0 Å². The summed E-state index contributed by atoms with van der Waals surface area (Å²) in [5, 5.41) is 0. The lowest BCUT2D eigenvalue weighted by Crippen LogP contribution is -1.84. The van der Waals surface area contributed by atoms with Gasteiger partial charge in [-0.2, -0.15) is 0 Å². The van der Waals surface area contributed by atoms with Crippen molar-refractivity contribution in [3.8, 4) is 0 Å². The summed E-state index contributed by atoms with van der Waals surface area (Å²) in [6, 6.07) is 4.15. The first kappa shape index (κ1) is 28.1. The van der Waals surface area contributed by atoms with Gasteiger partial charge in [0.15, 0.2) is 0 Å². The number of nitrogens with zero attached hydrogens (tertiary/aromatic N) is 1. The Hall–Kier alpha value is -0.980. The van der Waals surface area contributed by atoms with Crippen molar-refractivity contribution in [2.24, 2.45) is 0 Å². The highest BCUT2D eigenvalue weighted by Crippen LogP contribution is 2.15. The van der Waals surface area contributed by atoms with Crippen LogP contribution in [0.3, 0.4) is 0 Å². The number of hydrogen-bond acceptors (Lipinski definition) is 0. The summed E-state index contributed by atoms with van der Waals surface area (Å²) < 4.78 is 2.12. The molecule has 0 aliphatic rings. The van der Waals surface area contributed by atoms with Gasteiger partial charge in [-0.05, 0) is 25.0 Å². The van der Waals surface area contributed by atoms with Crippen LogP contribution in [0.5, 0.6) is 0 Å². The maximum absolute atomic E-state index is 2.30. The number of aromatic nitrogens is 1. The van der Waals surface area contributed by atoms with Gasteiger partial charge in [0.1, 0.15) is 0 Å². The first-order valence-corrected chi connectivity index (χ1v) is 14.2. The second-order valence-corrected chi connectivity index (χ2v) is 9.73. The highest BCUT2D eigenvalue weighted by Gasteiger charge is 1.95. The van der Waals surface area contributed by atoms with E-state index in [1.165, 1.54) is 148 Å². The van der Waals surface area contributed by atoms with Crippen LogP contribution in [0.15, 0.2) is 30.6 Å². The number of allylic oxidation sites excluding steroid dienone is 1. The van der Waals surface area contributed by atoms with Gasteiger partial charge in [0.05, 0.1) is 0 Å². The van der Waals surface area contributed by atoms with Gasteiger partial charge >= 0.3 is 0 Å². The molecule has 0 atom stereocenters. The molecule has 1 heteroatoms. The van der Waals surface area contributed by atoms with E-state index in [1.807, 2.05) is 0 Å². The molecule has 0 aromatic carbocycles. The summed E-state index contributed by atoms with van der Waals surface area (Å²) in [4.78, 5) is 0. The summed E-state index contributed by atoms with van der Waals surface area (Å²) in [5.74, 6) is 0. The van der Waals surface area contributed by atoms with Crippen molar-refractivity contribution in [2.45, 2.75) is 155 Å². The Morgan fingerprint density at radius 3 is 1.13 bits per heavy atom. The average Bonchev–Trinajstić information content (AvgIpc) is 3.30. The van der Waals surface area contributed by atoms with Crippen LogP contribution in [0.1, 0.15) is 155 Å². The van der Waals surface area contributed by atoms with Gasteiger partial charge in [-0.25, -0.2) is 0 Å². The van der Waals surface area contributed by atoms with Crippen molar-refractivity contribution in [3.63, 3.8) is 0 Å². The highest BCUT2D eigenvalue weighted by atomic mass is 14.9. The molecule has 1 aromatic rings. The van der Waals surface area contributed by atoms with Crippen LogP contribution in [0.2, 0.25) is 0 Å². The van der Waals surface area contributed by atoms with Crippen LogP contribution in [-0.4, -0.2) is 4.57 Å². The SMILES string of the molecule is CCCCCCCCCCCCCCCCCCCCCCCCC=Cn1cccc1. The molecule has 0 spiro atoms. The molecule has 0 aliphatic heterocycles. The summed E-state index contributed by atoms with van der Waals surface area (Å²) >= 11 is 0. The van der Waals surface area contributed by atoms with Crippen LogP contribution in [0.25, 0.3) is 6.20 Å². The normalized spacial score (nSPS) is 11.6. The van der Waals surface area contributed by atoms with Crippen LogP contribution >= 0.6 is 0 Å². The number of unbranched alkanes of at least 4 members (excludes halogenated alkanes) is 22. The largest absolute Gasteiger partial charge is 0.331 e. The zero-order valence-electron chi connectivity index (χ0n) is 21.2. The fourth-order valence-electron chi connectivity index (χ4n) is 4.51. The van der Waals surface area contributed by atoms with Crippen molar-refractivity contribution >= 4 is 6.20 Å². The van der Waals surface area contributed by atoms with Gasteiger partial charge in [0.2, 0.25) is 0 Å². The molecule has 1 aromatic heterocycles. The molecule has 31 heavy (non-hydrogen) atoms. The molecular weight excluding hydrogens is 374 g/mol. The van der Waals surface area contributed by atoms with E-state index in [0.29, 0.717) is 0 Å². The summed E-state index contributed by atoms with van der Waals surface area (Å²) in [6.07, 6.45) is 41.9. The fourth-order valence-corrected chi connectivity index (χ4v) is 4.51. The lowest BCUT2D eigenvalue weighted by molar-refractivity contribution is 0.519. The fraction of sp³-hybridized carbons (Fsp3) is 0.800. The van der Waals surface area contributed by atoms with Gasteiger partial charge in [0, 0.05) is 18.6 Å². The molecular formula is C30H55N. The first-order valence-electron chi connectivity index (χ1n) is 14.2. The lowest BCUT2D eigenvalue weighted by atomic mass is 10.0. The molecule has 0 fully saturated rings. The third-order valence-corrected chi connectivity index (χ3v) is 6.63. The Bertz CT molecular complexity index is 459. The summed E-state index contributed by atoms with van der Waals surface area (Å²) in [5.41, 5.74) is 0.